The minimum Gasteiger partial charge on any atom is -0.493 e. The molecular weight excluding hydrogens is 420 g/mol. The average molecular weight is 441 g/mol. The maximum Gasteiger partial charge on any atom is 0.243 e. The molecule has 0 fully saturated rings. The van der Waals surface area contributed by atoms with Crippen molar-refractivity contribution in [3.63, 3.8) is 0 Å². The molecule has 0 saturated carbocycles. The second-order valence-electron chi connectivity index (χ2n) is 6.83. The molecule has 3 aromatic rings. The molecule has 0 radical (unpaired) electrons. The predicted octanol–water partition coefficient (Wildman–Crippen LogP) is 3.97. The summed E-state index contributed by atoms with van der Waals surface area (Å²) >= 11 is 1.52. The molecule has 4 rings (SSSR count). The molecule has 0 amide bonds. The summed E-state index contributed by atoms with van der Waals surface area (Å²) in [6.07, 6.45) is 0.563. The molecule has 2 aromatic carbocycles. The lowest BCUT2D eigenvalue weighted by Crippen LogP contribution is -2.40. The van der Waals surface area contributed by atoms with E-state index in [9.17, 15) is 8.42 Å². The first-order valence-electron chi connectivity index (χ1n) is 9.29. The summed E-state index contributed by atoms with van der Waals surface area (Å²) < 4.78 is 39.6. The highest BCUT2D eigenvalue weighted by atomic mass is 32.2. The Morgan fingerprint density at radius 2 is 1.80 bits per heavy atom. The standard InChI is InChI=1S/C22H20N2O4S2/c1-27-19-12-16-9-10-24(30(25,26)17-7-5-15(14-23)6-8-17)22(21-4-3-11-29-21)18(16)13-20(19)28-2/h3-8,11-13,22H,9-10H2,1-2H3/t22-/m1/s1. The molecule has 1 aliphatic heterocycles. The Morgan fingerprint density at radius 3 is 2.40 bits per heavy atom. The average Bonchev–Trinajstić information content (AvgIpc) is 3.31. The zero-order valence-electron chi connectivity index (χ0n) is 16.5. The second-order valence-corrected chi connectivity index (χ2v) is 9.70. The van der Waals surface area contributed by atoms with E-state index in [-0.39, 0.29) is 4.90 Å². The van der Waals surface area contributed by atoms with Crippen molar-refractivity contribution in [3.05, 3.63) is 75.5 Å². The molecule has 0 bridgehead atoms. The second kappa shape index (κ2) is 8.11. The molecule has 0 saturated heterocycles. The van der Waals surface area contributed by atoms with Gasteiger partial charge < -0.3 is 9.47 Å². The Labute approximate surface area is 180 Å². The molecule has 0 N–H and O–H groups in total. The summed E-state index contributed by atoms with van der Waals surface area (Å²) in [5.74, 6) is 1.19. The number of ether oxygens (including phenoxy) is 2. The Morgan fingerprint density at radius 1 is 1.10 bits per heavy atom. The van der Waals surface area contributed by atoms with Crippen LogP contribution < -0.4 is 9.47 Å². The molecule has 30 heavy (non-hydrogen) atoms. The third-order valence-electron chi connectivity index (χ3n) is 5.23. The highest BCUT2D eigenvalue weighted by Gasteiger charge is 2.38. The molecule has 0 aliphatic carbocycles. The van der Waals surface area contributed by atoms with Crippen molar-refractivity contribution in [2.24, 2.45) is 0 Å². The van der Waals surface area contributed by atoms with E-state index in [2.05, 4.69) is 0 Å². The number of hydrogen-bond donors (Lipinski definition) is 0. The fourth-order valence-electron chi connectivity index (χ4n) is 3.76. The van der Waals surface area contributed by atoms with Crippen LogP contribution in [0, 0.1) is 11.3 Å². The SMILES string of the molecule is COc1cc2c(cc1OC)[C@H](c1cccs1)N(S(=O)(=O)c1ccc(C#N)cc1)CC2. The quantitative estimate of drug-likeness (QED) is 0.600. The molecule has 2 heterocycles. The molecule has 0 unspecified atom stereocenters. The summed E-state index contributed by atoms with van der Waals surface area (Å²) in [6.45, 7) is 0.341. The van der Waals surface area contributed by atoms with Crippen molar-refractivity contribution in [2.75, 3.05) is 20.8 Å². The van der Waals surface area contributed by atoms with Crippen molar-refractivity contribution in [1.82, 2.24) is 4.31 Å². The van der Waals surface area contributed by atoms with Gasteiger partial charge in [-0.25, -0.2) is 8.42 Å². The van der Waals surface area contributed by atoms with Crippen LogP contribution in [0.3, 0.4) is 0 Å². The van der Waals surface area contributed by atoms with Crippen LogP contribution in [-0.2, 0) is 16.4 Å². The van der Waals surface area contributed by atoms with E-state index in [0.29, 0.717) is 30.0 Å². The maximum atomic E-state index is 13.6. The predicted molar refractivity (Wildman–Crippen MR) is 114 cm³/mol. The Hall–Kier alpha value is -2.86. The van der Waals surface area contributed by atoms with Gasteiger partial charge in [0.05, 0.1) is 36.8 Å². The number of benzene rings is 2. The summed E-state index contributed by atoms with van der Waals surface area (Å²) in [4.78, 5) is 1.10. The van der Waals surface area contributed by atoms with Crippen molar-refractivity contribution < 1.29 is 17.9 Å². The third-order valence-corrected chi connectivity index (χ3v) is 8.04. The lowest BCUT2D eigenvalue weighted by Gasteiger charge is -2.36. The first kappa shape index (κ1) is 20.4. The minimum absolute atomic E-state index is 0.173. The van der Waals surface area contributed by atoms with Gasteiger partial charge in [-0.2, -0.15) is 9.57 Å². The molecule has 154 valence electrons. The summed E-state index contributed by atoms with van der Waals surface area (Å²) in [7, 11) is -0.625. The molecule has 6 nitrogen and oxygen atoms in total. The van der Waals surface area contributed by atoms with Gasteiger partial charge in [-0.05, 0) is 65.4 Å². The van der Waals surface area contributed by atoms with Gasteiger partial charge in [-0.3, -0.25) is 0 Å². The number of nitrogens with zero attached hydrogens (tertiary/aromatic N) is 2. The van der Waals surface area contributed by atoms with E-state index in [4.69, 9.17) is 14.7 Å². The van der Waals surface area contributed by atoms with Crippen molar-refractivity contribution >= 4 is 21.4 Å². The monoisotopic (exact) mass is 440 g/mol. The Balaban J connectivity index is 1.86. The number of methoxy groups -OCH3 is 2. The van der Waals surface area contributed by atoms with Crippen LogP contribution in [-0.4, -0.2) is 33.5 Å². The zero-order chi connectivity index (χ0) is 21.3. The largest absolute Gasteiger partial charge is 0.493 e. The maximum absolute atomic E-state index is 13.6. The van der Waals surface area contributed by atoms with Crippen LogP contribution in [0.4, 0.5) is 0 Å². The van der Waals surface area contributed by atoms with Crippen LogP contribution in [0.25, 0.3) is 0 Å². The third kappa shape index (κ3) is 3.45. The van der Waals surface area contributed by atoms with Crippen LogP contribution in [0.2, 0.25) is 0 Å². The van der Waals surface area contributed by atoms with Gasteiger partial charge >= 0.3 is 0 Å². The Bertz CT molecular complexity index is 1200. The van der Waals surface area contributed by atoms with E-state index in [1.165, 1.54) is 39.9 Å². The van der Waals surface area contributed by atoms with E-state index >= 15 is 0 Å². The van der Waals surface area contributed by atoms with Crippen LogP contribution >= 0.6 is 11.3 Å². The van der Waals surface area contributed by atoms with E-state index in [0.717, 1.165) is 16.0 Å². The lowest BCUT2D eigenvalue weighted by atomic mass is 9.92. The van der Waals surface area contributed by atoms with Crippen LogP contribution in [0.5, 0.6) is 11.5 Å². The fraction of sp³-hybridized carbons (Fsp3) is 0.227. The molecular formula is C22H20N2O4S2. The molecule has 8 heteroatoms. The normalized spacial score (nSPS) is 16.5. The minimum atomic E-state index is -3.78. The van der Waals surface area contributed by atoms with E-state index in [1.807, 2.05) is 35.7 Å². The van der Waals surface area contributed by atoms with Crippen LogP contribution in [0.1, 0.15) is 27.6 Å². The van der Waals surface area contributed by atoms with Gasteiger partial charge in [0.25, 0.3) is 0 Å². The number of fused-ring (bicyclic) bond motifs is 1. The topological polar surface area (TPSA) is 79.6 Å². The van der Waals surface area contributed by atoms with E-state index < -0.39 is 16.1 Å². The van der Waals surface area contributed by atoms with Gasteiger partial charge in [-0.15, -0.1) is 11.3 Å². The molecule has 1 aliphatic rings. The molecule has 1 aromatic heterocycles. The highest BCUT2D eigenvalue weighted by Crippen LogP contribution is 2.44. The molecule has 0 spiro atoms. The van der Waals surface area contributed by atoms with Gasteiger partial charge in [0.2, 0.25) is 10.0 Å². The van der Waals surface area contributed by atoms with Crippen LogP contribution in [0.15, 0.2) is 58.8 Å². The van der Waals surface area contributed by atoms with Crippen molar-refractivity contribution in [1.29, 1.82) is 5.26 Å². The Kier molecular flexibility index (Phi) is 5.52. The van der Waals surface area contributed by atoms with Crippen molar-refractivity contribution in [2.45, 2.75) is 17.4 Å². The fourth-order valence-corrected chi connectivity index (χ4v) is 6.27. The first-order valence-corrected chi connectivity index (χ1v) is 11.6. The molecule has 1 atom stereocenters. The number of thiophene rings is 1. The van der Waals surface area contributed by atoms with Gasteiger partial charge in [-0.1, -0.05) is 6.07 Å². The summed E-state index contributed by atoms with van der Waals surface area (Å²) in [5, 5.41) is 11.0. The number of rotatable bonds is 5. The summed E-state index contributed by atoms with van der Waals surface area (Å²) in [5.41, 5.74) is 2.35. The number of nitriles is 1. The summed E-state index contributed by atoms with van der Waals surface area (Å²) in [6, 6.07) is 15.3. The van der Waals surface area contributed by atoms with Gasteiger partial charge in [0.15, 0.2) is 11.5 Å². The lowest BCUT2D eigenvalue weighted by molar-refractivity contribution is 0.334. The van der Waals surface area contributed by atoms with Gasteiger partial charge in [0, 0.05) is 11.4 Å². The first-order chi connectivity index (χ1) is 14.5. The highest BCUT2D eigenvalue weighted by molar-refractivity contribution is 7.89. The van der Waals surface area contributed by atoms with Crippen molar-refractivity contribution in [3.8, 4) is 17.6 Å². The number of hydrogen-bond acceptors (Lipinski definition) is 6. The smallest absolute Gasteiger partial charge is 0.243 e. The number of sulfonamides is 1. The zero-order valence-corrected chi connectivity index (χ0v) is 18.2. The van der Waals surface area contributed by atoms with Gasteiger partial charge in [0.1, 0.15) is 0 Å². The van der Waals surface area contributed by atoms with E-state index in [1.54, 1.807) is 14.2 Å².